The van der Waals surface area contributed by atoms with E-state index in [1.54, 1.807) is 0 Å². The molecule has 1 atom stereocenters. The molecule has 0 bridgehead atoms. The van der Waals surface area contributed by atoms with Crippen molar-refractivity contribution < 1.29 is 14.6 Å². The van der Waals surface area contributed by atoms with Crippen molar-refractivity contribution in [1.82, 2.24) is 10.6 Å². The number of aliphatic hydroxyl groups excluding tert-OH is 1. The van der Waals surface area contributed by atoms with E-state index in [4.69, 9.17) is 9.84 Å². The molecule has 0 radical (unpaired) electrons. The fourth-order valence-corrected chi connectivity index (χ4v) is 2.03. The second kappa shape index (κ2) is 8.63. The molecule has 0 spiro atoms. The van der Waals surface area contributed by atoms with E-state index in [-0.39, 0.29) is 24.3 Å². The highest BCUT2D eigenvalue weighted by atomic mass is 16.5. The summed E-state index contributed by atoms with van der Waals surface area (Å²) in [5.74, 6) is 0.824. The van der Waals surface area contributed by atoms with Crippen LogP contribution in [0.5, 0.6) is 5.75 Å². The molecule has 1 aromatic rings. The number of benzene rings is 1. The van der Waals surface area contributed by atoms with Crippen molar-refractivity contribution in [3.05, 3.63) is 29.8 Å². The summed E-state index contributed by atoms with van der Waals surface area (Å²) in [6.07, 6.45) is 1.45. The first-order valence-electron chi connectivity index (χ1n) is 7.81. The summed E-state index contributed by atoms with van der Waals surface area (Å²) >= 11 is 0. The van der Waals surface area contributed by atoms with Crippen LogP contribution in [0, 0.1) is 0 Å². The Morgan fingerprint density at radius 3 is 2.45 bits per heavy atom. The van der Waals surface area contributed by atoms with E-state index in [9.17, 15) is 4.79 Å². The van der Waals surface area contributed by atoms with Crippen LogP contribution in [0.2, 0.25) is 0 Å². The second-order valence-corrected chi connectivity index (χ2v) is 6.01. The molecule has 5 heteroatoms. The molecule has 0 aromatic heterocycles. The Bertz CT molecular complexity index is 459. The standard InChI is InChI=1S/C17H28N2O3/c1-5-17(4,10-11-20)19-16(21)18-12-14-6-8-15(9-7-14)22-13(2)3/h6-9,13,20H,5,10-12H2,1-4H3,(H2,18,19,21). The van der Waals surface area contributed by atoms with E-state index in [2.05, 4.69) is 10.6 Å². The molecule has 0 saturated heterocycles. The van der Waals surface area contributed by atoms with Gasteiger partial charge in [0.1, 0.15) is 5.75 Å². The van der Waals surface area contributed by atoms with Crippen LogP contribution in [-0.2, 0) is 6.54 Å². The zero-order chi connectivity index (χ0) is 16.6. The van der Waals surface area contributed by atoms with Crippen LogP contribution in [0.1, 0.15) is 46.1 Å². The van der Waals surface area contributed by atoms with Crippen molar-refractivity contribution >= 4 is 6.03 Å². The number of aliphatic hydroxyl groups is 1. The molecule has 124 valence electrons. The number of ether oxygens (including phenoxy) is 1. The van der Waals surface area contributed by atoms with E-state index >= 15 is 0 Å². The highest BCUT2D eigenvalue weighted by Crippen LogP contribution is 2.15. The lowest BCUT2D eigenvalue weighted by atomic mass is 9.95. The van der Waals surface area contributed by atoms with E-state index in [0.717, 1.165) is 17.7 Å². The Morgan fingerprint density at radius 2 is 1.95 bits per heavy atom. The minimum atomic E-state index is -0.381. The zero-order valence-electron chi connectivity index (χ0n) is 14.0. The van der Waals surface area contributed by atoms with Crippen molar-refractivity contribution in [2.45, 2.75) is 58.7 Å². The zero-order valence-corrected chi connectivity index (χ0v) is 14.0. The fraction of sp³-hybridized carbons (Fsp3) is 0.588. The lowest BCUT2D eigenvalue weighted by Gasteiger charge is -2.29. The number of rotatable bonds is 8. The lowest BCUT2D eigenvalue weighted by molar-refractivity contribution is 0.200. The summed E-state index contributed by atoms with van der Waals surface area (Å²) in [5, 5.41) is 14.8. The lowest BCUT2D eigenvalue weighted by Crippen LogP contribution is -2.50. The number of hydrogen-bond donors (Lipinski definition) is 3. The third kappa shape index (κ3) is 6.35. The van der Waals surface area contributed by atoms with Crippen LogP contribution >= 0.6 is 0 Å². The molecule has 0 heterocycles. The Balaban J connectivity index is 2.46. The molecule has 22 heavy (non-hydrogen) atoms. The number of hydrogen-bond acceptors (Lipinski definition) is 3. The number of nitrogens with one attached hydrogen (secondary N) is 2. The number of carbonyl (C=O) groups excluding carboxylic acids is 1. The van der Waals surface area contributed by atoms with Gasteiger partial charge in [0.2, 0.25) is 0 Å². The average molecular weight is 308 g/mol. The van der Waals surface area contributed by atoms with Gasteiger partial charge in [0, 0.05) is 18.7 Å². The monoisotopic (exact) mass is 308 g/mol. The predicted octanol–water partition coefficient (Wildman–Crippen LogP) is 2.82. The van der Waals surface area contributed by atoms with Gasteiger partial charge in [0.15, 0.2) is 0 Å². The normalized spacial score (nSPS) is 13.5. The Kier molecular flexibility index (Phi) is 7.18. The highest BCUT2D eigenvalue weighted by Gasteiger charge is 2.23. The molecule has 0 aliphatic rings. The van der Waals surface area contributed by atoms with Gasteiger partial charge >= 0.3 is 6.03 Å². The van der Waals surface area contributed by atoms with Gasteiger partial charge in [-0.25, -0.2) is 4.79 Å². The largest absolute Gasteiger partial charge is 0.491 e. The van der Waals surface area contributed by atoms with E-state index < -0.39 is 0 Å². The van der Waals surface area contributed by atoms with Crippen LogP contribution in [0.3, 0.4) is 0 Å². The number of carbonyl (C=O) groups is 1. The van der Waals surface area contributed by atoms with Gasteiger partial charge in [0.25, 0.3) is 0 Å². The summed E-state index contributed by atoms with van der Waals surface area (Å²) in [4.78, 5) is 11.9. The van der Waals surface area contributed by atoms with Gasteiger partial charge in [-0.05, 0) is 51.3 Å². The van der Waals surface area contributed by atoms with E-state index in [1.807, 2.05) is 52.0 Å². The van der Waals surface area contributed by atoms with Crippen LogP contribution in [-0.4, -0.2) is 29.4 Å². The molecular weight excluding hydrogens is 280 g/mol. The molecule has 2 amide bonds. The van der Waals surface area contributed by atoms with Crippen molar-refractivity contribution in [1.29, 1.82) is 0 Å². The van der Waals surface area contributed by atoms with Crippen molar-refractivity contribution in [2.75, 3.05) is 6.61 Å². The first-order valence-corrected chi connectivity index (χ1v) is 7.81. The van der Waals surface area contributed by atoms with Gasteiger partial charge in [-0.2, -0.15) is 0 Å². The maximum absolute atomic E-state index is 11.9. The van der Waals surface area contributed by atoms with E-state index in [1.165, 1.54) is 0 Å². The summed E-state index contributed by atoms with van der Waals surface area (Å²) in [5.41, 5.74) is 0.625. The molecule has 1 rings (SSSR count). The summed E-state index contributed by atoms with van der Waals surface area (Å²) in [6, 6.07) is 7.45. The predicted molar refractivity (Wildman–Crippen MR) is 88.0 cm³/mol. The van der Waals surface area contributed by atoms with Gasteiger partial charge in [-0.3, -0.25) is 0 Å². The quantitative estimate of drug-likeness (QED) is 0.691. The van der Waals surface area contributed by atoms with Crippen LogP contribution in [0.4, 0.5) is 4.79 Å². The van der Waals surface area contributed by atoms with Crippen molar-refractivity contribution in [3.8, 4) is 5.75 Å². The number of urea groups is 1. The minimum Gasteiger partial charge on any atom is -0.491 e. The minimum absolute atomic E-state index is 0.0575. The topological polar surface area (TPSA) is 70.6 Å². The van der Waals surface area contributed by atoms with Gasteiger partial charge < -0.3 is 20.5 Å². The Labute approximate surface area is 133 Å². The summed E-state index contributed by atoms with van der Waals surface area (Å²) in [6.45, 7) is 8.40. The first-order chi connectivity index (χ1) is 10.4. The molecule has 1 unspecified atom stereocenters. The van der Waals surface area contributed by atoms with Crippen LogP contribution in [0.25, 0.3) is 0 Å². The molecule has 1 aromatic carbocycles. The van der Waals surface area contributed by atoms with Gasteiger partial charge in [0.05, 0.1) is 6.10 Å². The molecule has 3 N–H and O–H groups in total. The second-order valence-electron chi connectivity index (χ2n) is 6.01. The van der Waals surface area contributed by atoms with Crippen molar-refractivity contribution in [2.24, 2.45) is 0 Å². The smallest absolute Gasteiger partial charge is 0.315 e. The summed E-state index contributed by atoms with van der Waals surface area (Å²) < 4.78 is 5.58. The maximum atomic E-state index is 11.9. The Morgan fingerprint density at radius 1 is 1.32 bits per heavy atom. The van der Waals surface area contributed by atoms with Gasteiger partial charge in [-0.15, -0.1) is 0 Å². The highest BCUT2D eigenvalue weighted by molar-refractivity contribution is 5.74. The molecule has 0 aliphatic carbocycles. The first kappa shape index (κ1) is 18.3. The van der Waals surface area contributed by atoms with Crippen molar-refractivity contribution in [3.63, 3.8) is 0 Å². The average Bonchev–Trinajstić information content (AvgIpc) is 2.46. The molecule has 0 saturated carbocycles. The molecule has 0 aliphatic heterocycles. The van der Waals surface area contributed by atoms with Gasteiger partial charge in [-0.1, -0.05) is 19.1 Å². The molecule has 0 fully saturated rings. The number of amides is 2. The maximum Gasteiger partial charge on any atom is 0.315 e. The fourth-order valence-electron chi connectivity index (χ4n) is 2.03. The van der Waals surface area contributed by atoms with E-state index in [0.29, 0.717) is 13.0 Å². The molecule has 5 nitrogen and oxygen atoms in total. The third-order valence-electron chi connectivity index (χ3n) is 3.61. The van der Waals surface area contributed by atoms with Crippen LogP contribution in [0.15, 0.2) is 24.3 Å². The SMILES string of the molecule is CCC(C)(CCO)NC(=O)NCc1ccc(OC(C)C)cc1. The Hall–Kier alpha value is -1.75. The summed E-state index contributed by atoms with van der Waals surface area (Å²) in [7, 11) is 0. The van der Waals surface area contributed by atoms with Crippen LogP contribution < -0.4 is 15.4 Å². The molecular formula is C17H28N2O3. The third-order valence-corrected chi connectivity index (χ3v) is 3.61.